The first-order valence-electron chi connectivity index (χ1n) is 8.06. The molecule has 1 amide bonds. The molecule has 0 bridgehead atoms. The zero-order valence-corrected chi connectivity index (χ0v) is 14.1. The Morgan fingerprint density at radius 3 is 2.83 bits per heavy atom. The van der Waals surface area contributed by atoms with E-state index in [9.17, 15) is 4.79 Å². The fourth-order valence-electron chi connectivity index (χ4n) is 3.01. The maximum Gasteiger partial charge on any atom is 0.278 e. The number of carbonyl (C=O) groups excluding carboxylic acids is 1. The van der Waals surface area contributed by atoms with E-state index in [1.54, 1.807) is 0 Å². The zero-order chi connectivity index (χ0) is 16.5. The Morgan fingerprint density at radius 1 is 1.25 bits per heavy atom. The van der Waals surface area contributed by atoms with Gasteiger partial charge in [-0.1, -0.05) is 36.5 Å². The Labute approximate surface area is 143 Å². The van der Waals surface area contributed by atoms with Gasteiger partial charge < -0.3 is 0 Å². The predicted octanol–water partition coefficient (Wildman–Crippen LogP) is 3.03. The highest BCUT2D eigenvalue weighted by molar-refractivity contribution is 7.15. The van der Waals surface area contributed by atoms with Crippen molar-refractivity contribution < 1.29 is 4.79 Å². The lowest BCUT2D eigenvalue weighted by Gasteiger charge is -2.04. The van der Waals surface area contributed by atoms with E-state index in [0.29, 0.717) is 10.8 Å². The van der Waals surface area contributed by atoms with Crippen molar-refractivity contribution in [2.45, 2.75) is 32.6 Å². The van der Waals surface area contributed by atoms with E-state index in [1.165, 1.54) is 11.3 Å². The fraction of sp³-hybridized carbons (Fsp3) is 0.294. The molecule has 0 spiro atoms. The number of hydrogen-bond donors (Lipinski definition) is 1. The number of rotatable bonds is 4. The second-order valence-electron chi connectivity index (χ2n) is 5.68. The predicted molar refractivity (Wildman–Crippen MR) is 92.8 cm³/mol. The minimum Gasteiger partial charge on any atom is -0.295 e. The Hall–Kier alpha value is -2.54. The molecule has 24 heavy (non-hydrogen) atoms. The van der Waals surface area contributed by atoms with Gasteiger partial charge in [-0.15, -0.1) is 10.2 Å². The first-order valence-corrected chi connectivity index (χ1v) is 8.88. The number of aryl methyl sites for hydroxylation is 1. The van der Waals surface area contributed by atoms with Crippen molar-refractivity contribution in [3.63, 3.8) is 0 Å². The van der Waals surface area contributed by atoms with Crippen LogP contribution in [0.5, 0.6) is 0 Å². The molecule has 0 radical (unpaired) electrons. The second kappa shape index (κ2) is 6.16. The van der Waals surface area contributed by atoms with Gasteiger partial charge in [0.25, 0.3) is 5.91 Å². The third-order valence-electron chi connectivity index (χ3n) is 4.14. The van der Waals surface area contributed by atoms with Crippen molar-refractivity contribution in [3.8, 4) is 5.69 Å². The lowest BCUT2D eigenvalue weighted by atomic mass is 10.2. The van der Waals surface area contributed by atoms with E-state index in [1.807, 2.05) is 41.9 Å². The second-order valence-corrected chi connectivity index (χ2v) is 6.75. The van der Waals surface area contributed by atoms with Crippen LogP contribution in [0.25, 0.3) is 5.69 Å². The molecule has 4 rings (SSSR count). The van der Waals surface area contributed by atoms with Gasteiger partial charge in [-0.3, -0.25) is 10.1 Å². The van der Waals surface area contributed by atoms with Crippen molar-refractivity contribution in [2.75, 3.05) is 5.32 Å². The highest BCUT2D eigenvalue weighted by atomic mass is 32.1. The van der Waals surface area contributed by atoms with Gasteiger partial charge in [0.2, 0.25) is 5.13 Å². The van der Waals surface area contributed by atoms with E-state index < -0.39 is 0 Å². The number of hydrogen-bond acceptors (Lipinski definition) is 5. The normalized spacial score (nSPS) is 13.0. The van der Waals surface area contributed by atoms with Crippen molar-refractivity contribution in [1.82, 2.24) is 20.0 Å². The van der Waals surface area contributed by atoms with E-state index in [0.717, 1.165) is 47.6 Å². The van der Waals surface area contributed by atoms with Crippen molar-refractivity contribution in [3.05, 3.63) is 52.3 Å². The number of benzene rings is 1. The summed E-state index contributed by atoms with van der Waals surface area (Å²) in [5.74, 6) is -0.207. The number of carbonyl (C=O) groups is 1. The van der Waals surface area contributed by atoms with Crippen LogP contribution in [-0.2, 0) is 19.3 Å². The van der Waals surface area contributed by atoms with Crippen LogP contribution >= 0.6 is 11.3 Å². The van der Waals surface area contributed by atoms with Gasteiger partial charge in [0.1, 0.15) is 5.01 Å². The number of nitrogens with zero attached hydrogens (tertiary/aromatic N) is 4. The molecule has 0 unspecified atom stereocenters. The van der Waals surface area contributed by atoms with E-state index in [2.05, 4.69) is 20.6 Å². The Morgan fingerprint density at radius 2 is 2.08 bits per heavy atom. The highest BCUT2D eigenvalue weighted by Crippen LogP contribution is 2.28. The largest absolute Gasteiger partial charge is 0.295 e. The molecule has 1 aromatic carbocycles. The molecule has 2 heterocycles. The van der Waals surface area contributed by atoms with Gasteiger partial charge in [-0.05, 0) is 37.8 Å². The Balaban J connectivity index is 1.67. The molecule has 0 saturated heterocycles. The average molecular weight is 339 g/mol. The van der Waals surface area contributed by atoms with Crippen LogP contribution < -0.4 is 5.32 Å². The van der Waals surface area contributed by atoms with Crippen LogP contribution in [0.4, 0.5) is 5.13 Å². The molecule has 1 aliphatic carbocycles. The summed E-state index contributed by atoms with van der Waals surface area (Å²) in [5, 5.41) is 16.9. The minimum absolute atomic E-state index is 0.207. The monoisotopic (exact) mass is 339 g/mol. The molecule has 3 aromatic rings. The van der Waals surface area contributed by atoms with Crippen LogP contribution in [0.3, 0.4) is 0 Å². The molecule has 1 aliphatic rings. The number of aromatic nitrogens is 4. The van der Waals surface area contributed by atoms with E-state index in [-0.39, 0.29) is 5.91 Å². The Bertz CT molecular complexity index is 884. The molecular weight excluding hydrogens is 322 g/mol. The number of amides is 1. The van der Waals surface area contributed by atoms with Crippen molar-refractivity contribution in [2.24, 2.45) is 0 Å². The van der Waals surface area contributed by atoms with Crippen molar-refractivity contribution >= 4 is 22.4 Å². The number of anilines is 1. The average Bonchev–Trinajstić information content (AvgIpc) is 3.31. The van der Waals surface area contributed by atoms with Crippen LogP contribution in [0.1, 0.15) is 40.1 Å². The number of fused-ring (bicyclic) bond motifs is 1. The molecule has 122 valence electrons. The van der Waals surface area contributed by atoms with Gasteiger partial charge >= 0.3 is 0 Å². The molecule has 1 N–H and O–H groups in total. The summed E-state index contributed by atoms with van der Waals surface area (Å²) >= 11 is 1.40. The van der Waals surface area contributed by atoms with Crippen LogP contribution in [0.2, 0.25) is 0 Å². The van der Waals surface area contributed by atoms with Gasteiger partial charge in [0, 0.05) is 11.3 Å². The molecule has 0 fully saturated rings. The molecule has 6 nitrogen and oxygen atoms in total. The molecule has 0 aliphatic heterocycles. The van der Waals surface area contributed by atoms with Crippen molar-refractivity contribution in [1.29, 1.82) is 0 Å². The Kier molecular flexibility index (Phi) is 3.86. The van der Waals surface area contributed by atoms with Crippen LogP contribution in [0.15, 0.2) is 30.3 Å². The molecular formula is C17H17N5OS. The highest BCUT2D eigenvalue weighted by Gasteiger charge is 2.27. The van der Waals surface area contributed by atoms with E-state index >= 15 is 0 Å². The van der Waals surface area contributed by atoms with E-state index in [4.69, 9.17) is 0 Å². The van der Waals surface area contributed by atoms with Crippen LogP contribution in [0, 0.1) is 0 Å². The first kappa shape index (κ1) is 15.0. The maximum absolute atomic E-state index is 12.7. The molecule has 0 saturated carbocycles. The number of para-hydroxylation sites is 1. The smallest absolute Gasteiger partial charge is 0.278 e. The SMILES string of the molecule is CCc1nnc(NC(=O)c2nn(-c3ccccc3)c3c2CCC3)s1. The summed E-state index contributed by atoms with van der Waals surface area (Å²) in [6, 6.07) is 9.94. The topological polar surface area (TPSA) is 72.7 Å². The van der Waals surface area contributed by atoms with Gasteiger partial charge in [0.05, 0.1) is 5.69 Å². The third-order valence-corrected chi connectivity index (χ3v) is 5.12. The van der Waals surface area contributed by atoms with Crippen LogP contribution in [-0.4, -0.2) is 25.9 Å². The van der Waals surface area contributed by atoms with Gasteiger partial charge in [-0.2, -0.15) is 5.10 Å². The van der Waals surface area contributed by atoms with Gasteiger partial charge in [-0.25, -0.2) is 4.68 Å². The molecule has 7 heteroatoms. The summed E-state index contributed by atoms with van der Waals surface area (Å²) in [4.78, 5) is 12.7. The first-order chi connectivity index (χ1) is 11.8. The minimum atomic E-state index is -0.207. The summed E-state index contributed by atoms with van der Waals surface area (Å²) in [6.45, 7) is 2.01. The third kappa shape index (κ3) is 2.60. The van der Waals surface area contributed by atoms with Gasteiger partial charge in [0.15, 0.2) is 5.69 Å². The summed E-state index contributed by atoms with van der Waals surface area (Å²) in [5.41, 5.74) is 3.67. The zero-order valence-electron chi connectivity index (χ0n) is 13.3. The fourth-order valence-corrected chi connectivity index (χ4v) is 3.68. The standard InChI is InChI=1S/C17H17N5OS/c1-2-14-19-20-17(24-14)18-16(23)15-12-9-6-10-13(12)22(21-15)11-7-4-3-5-8-11/h3-5,7-8H,2,6,9-10H2,1H3,(H,18,20,23). The quantitative estimate of drug-likeness (QED) is 0.793. The summed E-state index contributed by atoms with van der Waals surface area (Å²) in [7, 11) is 0. The maximum atomic E-state index is 12.7. The lowest BCUT2D eigenvalue weighted by Crippen LogP contribution is -2.14. The number of nitrogens with one attached hydrogen (secondary N) is 1. The molecule has 0 atom stereocenters. The lowest BCUT2D eigenvalue weighted by molar-refractivity contribution is 0.102. The molecule has 2 aromatic heterocycles. The summed E-state index contributed by atoms with van der Waals surface area (Å²) in [6.07, 6.45) is 3.70. The summed E-state index contributed by atoms with van der Waals surface area (Å²) < 4.78 is 1.90.